The lowest BCUT2D eigenvalue weighted by atomic mass is 9.98. The zero-order valence-electron chi connectivity index (χ0n) is 21.2. The van der Waals surface area contributed by atoms with E-state index < -0.39 is 0 Å². The standard InChI is InChI=1S/C17H22FNO2.C10H14O3/c1-12(2)6-7-19(11-20)9-14-10-21-17-5-4-15(18)8-16(17)13(14)3;1-7-5-8(11-2)10(13-4)9(6-7)12-3/h4-5,8,11-12H,6-7,9-10H2,1-3H3;5-6H,1-4H3. The van der Waals surface area contributed by atoms with Gasteiger partial charge in [-0.2, -0.15) is 0 Å². The summed E-state index contributed by atoms with van der Waals surface area (Å²) in [4.78, 5) is 13.0. The molecule has 2 aromatic rings. The first kappa shape index (κ1) is 27.0. The highest BCUT2D eigenvalue weighted by Gasteiger charge is 2.19. The van der Waals surface area contributed by atoms with Gasteiger partial charge in [-0.25, -0.2) is 4.39 Å². The van der Waals surface area contributed by atoms with E-state index in [1.54, 1.807) is 32.3 Å². The maximum Gasteiger partial charge on any atom is 0.209 e. The fraction of sp³-hybridized carbons (Fsp3) is 0.444. The van der Waals surface area contributed by atoms with Gasteiger partial charge in [0.1, 0.15) is 18.2 Å². The van der Waals surface area contributed by atoms with Crippen molar-refractivity contribution in [2.24, 2.45) is 5.92 Å². The molecule has 0 aromatic heterocycles. The summed E-state index contributed by atoms with van der Waals surface area (Å²) in [5, 5.41) is 0. The molecule has 34 heavy (non-hydrogen) atoms. The van der Waals surface area contributed by atoms with Crippen LogP contribution < -0.4 is 18.9 Å². The molecule has 186 valence electrons. The molecular formula is C27H36FNO5. The molecule has 0 saturated carbocycles. The van der Waals surface area contributed by atoms with Gasteiger partial charge in [0.25, 0.3) is 0 Å². The average Bonchev–Trinajstić information content (AvgIpc) is 2.83. The molecule has 0 N–H and O–H groups in total. The van der Waals surface area contributed by atoms with E-state index in [0.717, 1.165) is 41.6 Å². The SMILES string of the molecule is CC1=C(CN(C=O)CCC(C)C)COc2ccc(F)cc21.COc1cc(C)cc(OC)c1OC. The van der Waals surface area contributed by atoms with Crippen molar-refractivity contribution in [3.05, 3.63) is 52.8 Å². The van der Waals surface area contributed by atoms with Crippen LogP contribution in [0.2, 0.25) is 0 Å². The lowest BCUT2D eigenvalue weighted by molar-refractivity contribution is -0.117. The number of allylic oxidation sites excluding steroid dienone is 1. The number of amides is 1. The van der Waals surface area contributed by atoms with Crippen molar-refractivity contribution in [3.63, 3.8) is 0 Å². The van der Waals surface area contributed by atoms with Crippen LogP contribution in [0.5, 0.6) is 23.0 Å². The highest BCUT2D eigenvalue weighted by atomic mass is 19.1. The van der Waals surface area contributed by atoms with E-state index in [2.05, 4.69) is 13.8 Å². The monoisotopic (exact) mass is 473 g/mol. The molecule has 2 aromatic carbocycles. The van der Waals surface area contributed by atoms with E-state index in [4.69, 9.17) is 18.9 Å². The summed E-state index contributed by atoms with van der Waals surface area (Å²) < 4.78 is 34.5. The molecule has 0 saturated heterocycles. The molecule has 7 heteroatoms. The van der Waals surface area contributed by atoms with Gasteiger partial charge in [0.2, 0.25) is 12.2 Å². The molecule has 1 aliphatic heterocycles. The van der Waals surface area contributed by atoms with Crippen LogP contribution in [-0.2, 0) is 4.79 Å². The molecule has 0 aliphatic carbocycles. The minimum atomic E-state index is -0.273. The van der Waals surface area contributed by atoms with E-state index in [9.17, 15) is 9.18 Å². The summed E-state index contributed by atoms with van der Waals surface area (Å²) in [5.74, 6) is 3.01. The van der Waals surface area contributed by atoms with Crippen LogP contribution in [0.3, 0.4) is 0 Å². The Morgan fingerprint density at radius 3 is 2.24 bits per heavy atom. The number of fused-ring (bicyclic) bond motifs is 1. The zero-order chi connectivity index (χ0) is 25.3. The molecule has 6 nitrogen and oxygen atoms in total. The van der Waals surface area contributed by atoms with Crippen LogP contribution in [0.4, 0.5) is 4.39 Å². The van der Waals surface area contributed by atoms with E-state index in [1.807, 2.05) is 26.0 Å². The van der Waals surface area contributed by atoms with Crippen molar-refractivity contribution in [2.45, 2.75) is 34.1 Å². The third-order valence-electron chi connectivity index (χ3n) is 5.62. The third-order valence-corrected chi connectivity index (χ3v) is 5.62. The maximum absolute atomic E-state index is 13.4. The largest absolute Gasteiger partial charge is 0.493 e. The highest BCUT2D eigenvalue weighted by Crippen LogP contribution is 2.37. The van der Waals surface area contributed by atoms with Gasteiger partial charge in [-0.15, -0.1) is 0 Å². The topological polar surface area (TPSA) is 57.2 Å². The minimum Gasteiger partial charge on any atom is -0.493 e. The number of aryl methyl sites for hydroxylation is 1. The lowest BCUT2D eigenvalue weighted by Crippen LogP contribution is -2.29. The maximum atomic E-state index is 13.4. The quantitative estimate of drug-likeness (QED) is 0.449. The van der Waals surface area contributed by atoms with Gasteiger partial charge >= 0.3 is 0 Å². The van der Waals surface area contributed by atoms with Crippen molar-refractivity contribution in [1.29, 1.82) is 0 Å². The number of carbonyl (C=O) groups is 1. The first-order chi connectivity index (χ1) is 16.2. The first-order valence-corrected chi connectivity index (χ1v) is 11.3. The van der Waals surface area contributed by atoms with Gasteiger partial charge in [0, 0.05) is 18.7 Å². The molecule has 3 rings (SSSR count). The molecule has 0 spiro atoms. The number of hydrogen-bond acceptors (Lipinski definition) is 5. The number of ether oxygens (including phenoxy) is 4. The molecule has 1 amide bonds. The Hall–Kier alpha value is -3.22. The van der Waals surface area contributed by atoms with E-state index in [0.29, 0.717) is 42.1 Å². The fourth-order valence-corrected chi connectivity index (χ4v) is 3.60. The predicted octanol–water partition coefficient (Wildman–Crippen LogP) is 5.52. The van der Waals surface area contributed by atoms with Crippen molar-refractivity contribution in [2.75, 3.05) is 41.0 Å². The normalized spacial score (nSPS) is 12.3. The second-order valence-electron chi connectivity index (χ2n) is 8.62. The Labute approximate surface area is 202 Å². The van der Waals surface area contributed by atoms with Gasteiger partial charge in [-0.1, -0.05) is 13.8 Å². The van der Waals surface area contributed by atoms with Crippen LogP contribution in [-0.4, -0.2) is 52.3 Å². The van der Waals surface area contributed by atoms with Crippen molar-refractivity contribution >= 4 is 12.0 Å². The molecular weight excluding hydrogens is 437 g/mol. The molecule has 0 unspecified atom stereocenters. The number of methoxy groups -OCH3 is 3. The van der Waals surface area contributed by atoms with Crippen LogP contribution in [0.1, 0.15) is 38.3 Å². The van der Waals surface area contributed by atoms with Gasteiger partial charge in [-0.3, -0.25) is 4.79 Å². The van der Waals surface area contributed by atoms with E-state index in [-0.39, 0.29) is 5.82 Å². The van der Waals surface area contributed by atoms with Crippen LogP contribution in [0.25, 0.3) is 5.57 Å². The number of hydrogen-bond donors (Lipinski definition) is 0. The minimum absolute atomic E-state index is 0.273. The Bertz CT molecular complexity index is 978. The van der Waals surface area contributed by atoms with Gasteiger partial charge in [-0.05, 0) is 73.2 Å². The number of halogens is 1. The van der Waals surface area contributed by atoms with Gasteiger partial charge < -0.3 is 23.8 Å². The Kier molecular flexibility index (Phi) is 10.2. The van der Waals surface area contributed by atoms with Crippen molar-refractivity contribution < 1.29 is 28.1 Å². The van der Waals surface area contributed by atoms with Crippen molar-refractivity contribution in [3.8, 4) is 23.0 Å². The first-order valence-electron chi connectivity index (χ1n) is 11.3. The van der Waals surface area contributed by atoms with E-state index in [1.165, 1.54) is 12.1 Å². The molecule has 0 fully saturated rings. The lowest BCUT2D eigenvalue weighted by Gasteiger charge is -2.26. The summed E-state index contributed by atoms with van der Waals surface area (Å²) in [6.45, 7) is 9.93. The second kappa shape index (κ2) is 12.9. The summed E-state index contributed by atoms with van der Waals surface area (Å²) in [5.41, 5.74) is 3.90. The molecule has 0 atom stereocenters. The summed E-state index contributed by atoms with van der Waals surface area (Å²) in [6, 6.07) is 8.35. The summed E-state index contributed by atoms with van der Waals surface area (Å²) >= 11 is 0. The smallest absolute Gasteiger partial charge is 0.209 e. The number of nitrogens with zero attached hydrogens (tertiary/aromatic N) is 1. The molecule has 0 radical (unpaired) electrons. The van der Waals surface area contributed by atoms with Crippen LogP contribution in [0, 0.1) is 18.7 Å². The zero-order valence-corrected chi connectivity index (χ0v) is 21.2. The second-order valence-corrected chi connectivity index (χ2v) is 8.62. The van der Waals surface area contributed by atoms with Crippen LogP contribution in [0.15, 0.2) is 35.9 Å². The third kappa shape index (κ3) is 7.14. The Morgan fingerprint density at radius 1 is 1.06 bits per heavy atom. The molecule has 1 heterocycles. The number of carbonyl (C=O) groups excluding carboxylic acids is 1. The van der Waals surface area contributed by atoms with Crippen molar-refractivity contribution in [1.82, 2.24) is 4.90 Å². The van der Waals surface area contributed by atoms with Crippen LogP contribution >= 0.6 is 0 Å². The van der Waals surface area contributed by atoms with Gasteiger partial charge in [0.15, 0.2) is 11.5 Å². The average molecular weight is 474 g/mol. The van der Waals surface area contributed by atoms with E-state index >= 15 is 0 Å². The fourth-order valence-electron chi connectivity index (χ4n) is 3.60. The molecule has 1 aliphatic rings. The highest BCUT2D eigenvalue weighted by molar-refractivity contribution is 5.74. The Balaban J connectivity index is 0.000000270. The molecule has 0 bridgehead atoms. The summed E-state index contributed by atoms with van der Waals surface area (Å²) in [7, 11) is 4.81. The van der Waals surface area contributed by atoms with Gasteiger partial charge in [0.05, 0.1) is 21.3 Å². The Morgan fingerprint density at radius 2 is 1.71 bits per heavy atom. The number of rotatable bonds is 9. The summed E-state index contributed by atoms with van der Waals surface area (Å²) in [6.07, 6.45) is 1.85. The number of benzene rings is 2. The predicted molar refractivity (Wildman–Crippen MR) is 132 cm³/mol.